The van der Waals surface area contributed by atoms with Gasteiger partial charge in [-0.1, -0.05) is 78.4 Å². The molecule has 2 heterocycles. The number of aromatic nitrogens is 4. The molecule has 6 rings (SSSR count). The zero-order valence-corrected chi connectivity index (χ0v) is 22.1. The molecule has 6 heteroatoms. The monoisotopic (exact) mass is 517 g/mol. The number of hydrogen-bond acceptors (Lipinski definition) is 3. The third-order valence-electron chi connectivity index (χ3n) is 5.93. The number of benzene rings is 4. The molecule has 0 spiro atoms. The minimum atomic E-state index is -0.241. The van der Waals surface area contributed by atoms with Gasteiger partial charge in [0.25, 0.3) is 0 Å². The molecule has 196 valence electrons. The third-order valence-corrected chi connectivity index (χ3v) is 5.93. The summed E-state index contributed by atoms with van der Waals surface area (Å²) in [4.78, 5) is 14.4. The van der Waals surface area contributed by atoms with Gasteiger partial charge in [0.2, 0.25) is 0 Å². The van der Waals surface area contributed by atoms with Crippen LogP contribution in [0.1, 0.15) is 22.3 Å². The van der Waals surface area contributed by atoms with Crippen LogP contribution in [0.15, 0.2) is 122 Å². The average Bonchev–Trinajstić information content (AvgIpc) is 3.66. The first kappa shape index (κ1) is 27.1. The number of imidazole rings is 2. The highest BCUT2D eigenvalue weighted by Crippen LogP contribution is 2.24. The molecule has 0 amide bonds. The van der Waals surface area contributed by atoms with Crippen LogP contribution in [0.4, 0.5) is 10.1 Å². The number of nitrogens with one attached hydrogen (secondary N) is 2. The molecule has 4 aromatic carbocycles. The molecule has 2 aromatic heterocycles. The van der Waals surface area contributed by atoms with Crippen molar-refractivity contribution in [3.63, 3.8) is 0 Å². The maximum absolute atomic E-state index is 13.4. The summed E-state index contributed by atoms with van der Waals surface area (Å²) in [7, 11) is 0. The second-order valence-corrected chi connectivity index (χ2v) is 9.09. The zero-order valence-electron chi connectivity index (χ0n) is 22.1. The van der Waals surface area contributed by atoms with Gasteiger partial charge < -0.3 is 15.7 Å². The first-order valence-electron chi connectivity index (χ1n) is 12.7. The highest BCUT2D eigenvalue weighted by Gasteiger charge is 2.08. The number of aryl methyl sites for hydroxylation is 2. The Balaban J connectivity index is 0.000000152. The van der Waals surface area contributed by atoms with Crippen LogP contribution in [0.5, 0.6) is 0 Å². The van der Waals surface area contributed by atoms with Crippen LogP contribution in [-0.2, 0) is 6.42 Å². The maximum Gasteiger partial charge on any atom is 0.140 e. The van der Waals surface area contributed by atoms with E-state index < -0.39 is 0 Å². The lowest BCUT2D eigenvalue weighted by atomic mass is 9.97. The summed E-state index contributed by atoms with van der Waals surface area (Å²) in [5.41, 5.74) is 12.7. The van der Waals surface area contributed by atoms with E-state index in [0.29, 0.717) is 11.4 Å². The van der Waals surface area contributed by atoms with E-state index in [1.165, 1.54) is 28.3 Å². The maximum atomic E-state index is 13.4. The fourth-order valence-electron chi connectivity index (χ4n) is 4.01. The summed E-state index contributed by atoms with van der Waals surface area (Å²) in [6, 6.07) is 31.6. The van der Waals surface area contributed by atoms with Gasteiger partial charge in [-0.05, 0) is 61.2 Å². The van der Waals surface area contributed by atoms with Crippen LogP contribution >= 0.6 is 0 Å². The van der Waals surface area contributed by atoms with Crippen molar-refractivity contribution in [2.24, 2.45) is 0 Å². The topological polar surface area (TPSA) is 83.4 Å². The molecule has 0 aliphatic carbocycles. The molecule has 0 bridgehead atoms. The quantitative estimate of drug-likeness (QED) is 0.209. The van der Waals surface area contributed by atoms with Gasteiger partial charge in [0.15, 0.2) is 0 Å². The fraction of sp³-hybridized carbons (Fsp3) is 0.0909. The standard InChI is InChI=1S/C17H16N2.C10H9FN2.C6H7N/c1-13-7-8-16(17-18-9-10-19-17)15(11-13)12-14-5-3-2-4-6-14;1-7-2-3-8(9(11)6-7)10-12-4-5-13-10;7-6-4-2-1-3-5-6/h2-11H,12H2,1H3,(H,18,19);2-6H,1H3,(H,12,13);1-5H,7H2. The van der Waals surface area contributed by atoms with Gasteiger partial charge in [-0.25, -0.2) is 14.4 Å². The van der Waals surface area contributed by atoms with Crippen LogP contribution in [0.25, 0.3) is 22.8 Å². The van der Waals surface area contributed by atoms with E-state index in [4.69, 9.17) is 5.73 Å². The highest BCUT2D eigenvalue weighted by molar-refractivity contribution is 5.62. The van der Waals surface area contributed by atoms with Gasteiger partial charge in [0, 0.05) is 36.0 Å². The van der Waals surface area contributed by atoms with Gasteiger partial charge in [-0.2, -0.15) is 0 Å². The number of nitrogen functional groups attached to an aromatic ring is 1. The molecule has 0 atom stereocenters. The van der Waals surface area contributed by atoms with Crippen molar-refractivity contribution in [1.82, 2.24) is 19.9 Å². The molecule has 0 radical (unpaired) electrons. The van der Waals surface area contributed by atoms with Crippen molar-refractivity contribution < 1.29 is 4.39 Å². The van der Waals surface area contributed by atoms with Crippen molar-refractivity contribution >= 4 is 5.69 Å². The first-order chi connectivity index (χ1) is 19.0. The number of nitrogens with two attached hydrogens (primary N) is 1. The van der Waals surface area contributed by atoms with Gasteiger partial charge >= 0.3 is 0 Å². The molecule has 0 saturated carbocycles. The van der Waals surface area contributed by atoms with E-state index in [-0.39, 0.29) is 5.82 Å². The van der Waals surface area contributed by atoms with Crippen LogP contribution in [-0.4, -0.2) is 19.9 Å². The molecule has 0 aliphatic rings. The van der Waals surface area contributed by atoms with E-state index in [1.807, 2.05) is 55.6 Å². The molecule has 5 nitrogen and oxygen atoms in total. The summed E-state index contributed by atoms with van der Waals surface area (Å²) in [5.74, 6) is 1.26. The first-order valence-corrected chi connectivity index (χ1v) is 12.7. The summed E-state index contributed by atoms with van der Waals surface area (Å²) < 4.78 is 13.4. The summed E-state index contributed by atoms with van der Waals surface area (Å²) in [6.45, 7) is 3.98. The highest BCUT2D eigenvalue weighted by atomic mass is 19.1. The summed E-state index contributed by atoms with van der Waals surface area (Å²) in [6.07, 6.45) is 7.87. The van der Waals surface area contributed by atoms with Crippen LogP contribution in [0.3, 0.4) is 0 Å². The Kier molecular flexibility index (Phi) is 9.40. The number of hydrogen-bond donors (Lipinski definition) is 3. The van der Waals surface area contributed by atoms with Crippen LogP contribution in [0.2, 0.25) is 0 Å². The van der Waals surface area contributed by atoms with Crippen molar-refractivity contribution in [2.75, 3.05) is 5.73 Å². The Hall–Kier alpha value is -4.97. The normalized spacial score (nSPS) is 10.1. The number of halogens is 1. The molecule has 0 unspecified atom stereocenters. The molecule has 6 aromatic rings. The van der Waals surface area contributed by atoms with Gasteiger partial charge in [0.1, 0.15) is 17.5 Å². The Bertz CT molecular complexity index is 1550. The predicted octanol–water partition coefficient (Wildman–Crippen LogP) is 7.77. The zero-order chi connectivity index (χ0) is 27.5. The van der Waals surface area contributed by atoms with E-state index in [1.54, 1.807) is 24.7 Å². The van der Waals surface area contributed by atoms with E-state index in [9.17, 15) is 4.39 Å². The van der Waals surface area contributed by atoms with Gasteiger partial charge in [0.05, 0.1) is 5.56 Å². The third kappa shape index (κ3) is 8.01. The number of aromatic amines is 2. The molecule has 0 aliphatic heterocycles. The SMILES string of the molecule is Cc1ccc(-c2ncc[nH]2)c(Cc2ccccc2)c1.Cc1ccc(-c2ncc[nH]2)c(F)c1.Nc1ccccc1. The smallest absolute Gasteiger partial charge is 0.140 e. The minimum absolute atomic E-state index is 0.241. The molecule has 0 fully saturated rings. The Morgan fingerprint density at radius 2 is 1.21 bits per heavy atom. The second-order valence-electron chi connectivity index (χ2n) is 9.09. The Labute approximate surface area is 228 Å². The van der Waals surface area contributed by atoms with Gasteiger partial charge in [-0.15, -0.1) is 0 Å². The number of para-hydroxylation sites is 1. The fourth-order valence-corrected chi connectivity index (χ4v) is 4.01. The van der Waals surface area contributed by atoms with Crippen molar-refractivity contribution in [3.05, 3.63) is 150 Å². The molecule has 39 heavy (non-hydrogen) atoms. The van der Waals surface area contributed by atoms with Crippen molar-refractivity contribution in [3.8, 4) is 22.8 Å². The predicted molar refractivity (Wildman–Crippen MR) is 158 cm³/mol. The average molecular weight is 518 g/mol. The van der Waals surface area contributed by atoms with E-state index >= 15 is 0 Å². The van der Waals surface area contributed by atoms with Crippen LogP contribution < -0.4 is 5.73 Å². The summed E-state index contributed by atoms with van der Waals surface area (Å²) >= 11 is 0. The lowest BCUT2D eigenvalue weighted by Crippen LogP contribution is -1.94. The molecular weight excluding hydrogens is 485 g/mol. The lowest BCUT2D eigenvalue weighted by Gasteiger charge is -2.09. The molecule has 4 N–H and O–H groups in total. The van der Waals surface area contributed by atoms with Crippen molar-refractivity contribution in [2.45, 2.75) is 20.3 Å². The lowest BCUT2D eigenvalue weighted by molar-refractivity contribution is 0.629. The number of H-pyrrole nitrogens is 2. The molecular formula is C33H32FN5. The Morgan fingerprint density at radius 3 is 1.72 bits per heavy atom. The number of rotatable bonds is 4. The largest absolute Gasteiger partial charge is 0.399 e. The second kappa shape index (κ2) is 13.5. The van der Waals surface area contributed by atoms with E-state index in [2.05, 4.69) is 69.3 Å². The van der Waals surface area contributed by atoms with Crippen LogP contribution in [0, 0.1) is 19.7 Å². The Morgan fingerprint density at radius 1 is 0.667 bits per heavy atom. The molecule has 0 saturated heterocycles. The number of nitrogens with zero attached hydrogens (tertiary/aromatic N) is 2. The van der Waals surface area contributed by atoms with Gasteiger partial charge in [-0.3, -0.25) is 0 Å². The summed E-state index contributed by atoms with van der Waals surface area (Å²) in [5, 5.41) is 0. The van der Waals surface area contributed by atoms with E-state index in [0.717, 1.165) is 23.5 Å². The minimum Gasteiger partial charge on any atom is -0.399 e. The number of anilines is 1. The van der Waals surface area contributed by atoms with Crippen molar-refractivity contribution in [1.29, 1.82) is 0 Å².